The highest BCUT2D eigenvalue weighted by molar-refractivity contribution is 7.92. The lowest BCUT2D eigenvalue weighted by Gasteiger charge is -2.18. The van der Waals surface area contributed by atoms with Gasteiger partial charge in [0.1, 0.15) is 11.3 Å². The number of thiophene rings is 1. The molecule has 0 unspecified atom stereocenters. The smallest absolute Gasteiger partial charge is 0.279 e. The lowest BCUT2D eigenvalue weighted by atomic mass is 10.1. The minimum absolute atomic E-state index is 0.0368. The molecule has 1 aliphatic rings. The van der Waals surface area contributed by atoms with Crippen LogP contribution in [0.4, 0.5) is 5.69 Å². The Morgan fingerprint density at radius 1 is 1.20 bits per heavy atom. The number of aromatic hydroxyl groups is 1. The number of para-hydroxylation sites is 1. The third-order valence-electron chi connectivity index (χ3n) is 4.87. The highest BCUT2D eigenvalue weighted by Gasteiger charge is 2.31. The van der Waals surface area contributed by atoms with Crippen molar-refractivity contribution in [2.24, 2.45) is 10.9 Å². The highest BCUT2D eigenvalue weighted by Crippen LogP contribution is 2.35. The minimum atomic E-state index is -3.69. The number of hydrogen-bond acceptors (Lipinski definition) is 7. The van der Waals surface area contributed by atoms with Gasteiger partial charge >= 0.3 is 0 Å². The molecular formula is C21H21N3O4S2. The van der Waals surface area contributed by atoms with Crippen LogP contribution in [0.5, 0.6) is 5.75 Å². The van der Waals surface area contributed by atoms with Gasteiger partial charge in [-0.05, 0) is 35.9 Å². The van der Waals surface area contributed by atoms with E-state index in [1.165, 1.54) is 22.1 Å². The predicted octanol–water partition coefficient (Wildman–Crippen LogP) is 3.63. The highest BCUT2D eigenvalue weighted by atomic mass is 32.2. The van der Waals surface area contributed by atoms with Crippen LogP contribution in [-0.4, -0.2) is 34.8 Å². The first kappa shape index (κ1) is 20.5. The molecule has 3 aromatic rings. The standard InChI is InChI=1S/C21H21N3O4S2/c1-13(2)9-10-24-21(26)18(20(25)19(23-24)16-7-5-11-29-16)15-12-30(27,28)17-8-4-3-6-14(17)22-15/h3-8,11,13,25H,9-10,12H2,1-2H3. The molecule has 1 aromatic carbocycles. The van der Waals surface area contributed by atoms with E-state index in [4.69, 9.17) is 0 Å². The van der Waals surface area contributed by atoms with Gasteiger partial charge in [0.25, 0.3) is 5.56 Å². The van der Waals surface area contributed by atoms with E-state index in [0.717, 1.165) is 0 Å². The number of benzene rings is 1. The zero-order valence-corrected chi connectivity index (χ0v) is 18.2. The summed E-state index contributed by atoms with van der Waals surface area (Å²) < 4.78 is 26.9. The maximum Gasteiger partial charge on any atom is 0.279 e. The van der Waals surface area contributed by atoms with Gasteiger partial charge in [-0.25, -0.2) is 13.1 Å². The number of aromatic nitrogens is 2. The van der Waals surface area contributed by atoms with Crippen LogP contribution in [0.3, 0.4) is 0 Å². The summed E-state index contributed by atoms with van der Waals surface area (Å²) in [6.07, 6.45) is 0.717. The number of nitrogens with zero attached hydrogens (tertiary/aromatic N) is 3. The van der Waals surface area contributed by atoms with E-state index in [9.17, 15) is 18.3 Å². The van der Waals surface area contributed by atoms with Crippen LogP contribution in [0, 0.1) is 5.92 Å². The SMILES string of the molecule is CC(C)CCn1nc(-c2cccs2)c(O)c(C2=Nc3ccccc3S(=O)(=O)C2)c1=O. The molecule has 0 amide bonds. The van der Waals surface area contributed by atoms with Crippen LogP contribution in [0.15, 0.2) is 56.5 Å². The molecular weight excluding hydrogens is 422 g/mol. The minimum Gasteiger partial charge on any atom is -0.505 e. The van der Waals surface area contributed by atoms with Crippen molar-refractivity contribution in [1.82, 2.24) is 9.78 Å². The number of sulfone groups is 1. The second-order valence-electron chi connectivity index (χ2n) is 7.55. The molecule has 0 fully saturated rings. The van der Waals surface area contributed by atoms with Crippen LogP contribution in [0.25, 0.3) is 10.6 Å². The van der Waals surface area contributed by atoms with E-state index in [-0.39, 0.29) is 33.3 Å². The molecule has 156 valence electrons. The van der Waals surface area contributed by atoms with E-state index in [1.54, 1.807) is 24.3 Å². The molecule has 2 aromatic heterocycles. The van der Waals surface area contributed by atoms with Gasteiger partial charge in [0.15, 0.2) is 15.6 Å². The van der Waals surface area contributed by atoms with E-state index >= 15 is 0 Å². The van der Waals surface area contributed by atoms with E-state index in [0.29, 0.717) is 23.8 Å². The van der Waals surface area contributed by atoms with Crippen LogP contribution < -0.4 is 5.56 Å². The van der Waals surface area contributed by atoms with Crippen LogP contribution in [0.2, 0.25) is 0 Å². The third-order valence-corrected chi connectivity index (χ3v) is 7.42. The largest absolute Gasteiger partial charge is 0.505 e. The predicted molar refractivity (Wildman–Crippen MR) is 118 cm³/mol. The second-order valence-corrected chi connectivity index (χ2v) is 10.5. The van der Waals surface area contributed by atoms with Crippen molar-refractivity contribution >= 4 is 32.6 Å². The molecule has 30 heavy (non-hydrogen) atoms. The number of aryl methyl sites for hydroxylation is 1. The molecule has 0 saturated heterocycles. The fraction of sp³-hybridized carbons (Fsp3) is 0.286. The molecule has 1 N–H and O–H groups in total. The summed E-state index contributed by atoms with van der Waals surface area (Å²) in [6, 6.07) is 10.0. The van der Waals surface area contributed by atoms with Crippen molar-refractivity contribution in [2.45, 2.75) is 31.7 Å². The Morgan fingerprint density at radius 3 is 2.67 bits per heavy atom. The van der Waals surface area contributed by atoms with Crippen molar-refractivity contribution in [1.29, 1.82) is 0 Å². The quantitative estimate of drug-likeness (QED) is 0.649. The van der Waals surface area contributed by atoms with Gasteiger partial charge < -0.3 is 5.11 Å². The summed E-state index contributed by atoms with van der Waals surface area (Å²) >= 11 is 1.38. The molecule has 7 nitrogen and oxygen atoms in total. The van der Waals surface area contributed by atoms with Gasteiger partial charge in [-0.1, -0.05) is 32.0 Å². The monoisotopic (exact) mass is 443 g/mol. The summed E-state index contributed by atoms with van der Waals surface area (Å²) in [4.78, 5) is 18.5. The van der Waals surface area contributed by atoms with Gasteiger partial charge in [-0.3, -0.25) is 9.79 Å². The van der Waals surface area contributed by atoms with Crippen LogP contribution in [-0.2, 0) is 16.4 Å². The molecule has 0 aliphatic carbocycles. The molecule has 3 heterocycles. The van der Waals surface area contributed by atoms with Crippen molar-refractivity contribution in [3.05, 3.63) is 57.7 Å². The Hall–Kier alpha value is -2.78. The van der Waals surface area contributed by atoms with Crippen LogP contribution >= 0.6 is 11.3 Å². The number of rotatable bonds is 5. The van der Waals surface area contributed by atoms with Crippen LogP contribution in [0.1, 0.15) is 25.8 Å². The maximum atomic E-state index is 13.2. The van der Waals surface area contributed by atoms with E-state index in [1.807, 2.05) is 25.3 Å². The lowest BCUT2D eigenvalue weighted by Crippen LogP contribution is -2.33. The van der Waals surface area contributed by atoms with Crippen molar-refractivity contribution in [2.75, 3.05) is 5.75 Å². The van der Waals surface area contributed by atoms with Crippen molar-refractivity contribution in [3.63, 3.8) is 0 Å². The number of hydrogen-bond donors (Lipinski definition) is 1. The zero-order chi connectivity index (χ0) is 21.5. The average molecular weight is 444 g/mol. The Bertz CT molecular complexity index is 1290. The summed E-state index contributed by atoms with van der Waals surface area (Å²) in [5.74, 6) is -0.442. The van der Waals surface area contributed by atoms with Gasteiger partial charge in [0.05, 0.1) is 26.9 Å². The molecule has 0 saturated carbocycles. The Labute approximate surface area is 178 Å². The van der Waals surface area contributed by atoms with E-state index in [2.05, 4.69) is 10.1 Å². The first-order chi connectivity index (χ1) is 14.3. The first-order valence-corrected chi connectivity index (χ1v) is 12.1. The molecule has 9 heteroatoms. The third kappa shape index (κ3) is 3.70. The summed E-state index contributed by atoms with van der Waals surface area (Å²) in [6.45, 7) is 4.45. The Balaban J connectivity index is 1.96. The summed E-state index contributed by atoms with van der Waals surface area (Å²) in [7, 11) is -3.69. The van der Waals surface area contributed by atoms with Gasteiger partial charge in [0, 0.05) is 6.54 Å². The normalized spacial score (nSPS) is 15.1. The van der Waals surface area contributed by atoms with Crippen molar-refractivity contribution in [3.8, 4) is 16.3 Å². The van der Waals surface area contributed by atoms with Gasteiger partial charge in [0.2, 0.25) is 0 Å². The number of fused-ring (bicyclic) bond motifs is 1. The van der Waals surface area contributed by atoms with Gasteiger partial charge in [-0.15, -0.1) is 11.3 Å². The maximum absolute atomic E-state index is 13.2. The van der Waals surface area contributed by atoms with E-state index < -0.39 is 21.1 Å². The van der Waals surface area contributed by atoms with Crippen molar-refractivity contribution < 1.29 is 13.5 Å². The lowest BCUT2D eigenvalue weighted by molar-refractivity contribution is 0.444. The molecule has 0 radical (unpaired) electrons. The molecule has 0 bridgehead atoms. The molecule has 4 rings (SSSR count). The number of aliphatic imine (C=N–C) groups is 1. The Morgan fingerprint density at radius 2 is 1.97 bits per heavy atom. The van der Waals surface area contributed by atoms with Gasteiger partial charge in [-0.2, -0.15) is 5.10 Å². The summed E-state index contributed by atoms with van der Waals surface area (Å²) in [5, 5.41) is 17.2. The second kappa shape index (κ2) is 7.81. The topological polar surface area (TPSA) is 102 Å². The molecule has 0 spiro atoms. The fourth-order valence-electron chi connectivity index (χ4n) is 3.31. The molecule has 1 aliphatic heterocycles. The summed E-state index contributed by atoms with van der Waals surface area (Å²) in [5.41, 5.74) is -0.0881. The zero-order valence-electron chi connectivity index (χ0n) is 16.6. The fourth-order valence-corrected chi connectivity index (χ4v) is 5.46. The first-order valence-electron chi connectivity index (χ1n) is 9.55. The molecule has 0 atom stereocenters. The Kier molecular flexibility index (Phi) is 5.33. The average Bonchev–Trinajstić information content (AvgIpc) is 3.21.